The minimum Gasteiger partial charge on any atom is -0.444 e. The molecule has 10 heteroatoms. The number of alkyl carbamates (subject to hydrolysis) is 1. The first-order valence-electron chi connectivity index (χ1n) is 11.1. The largest absolute Gasteiger partial charge is 0.444 e. The van der Waals surface area contributed by atoms with Crippen LogP contribution in [0.15, 0.2) is 53.1 Å². The molecule has 4 unspecified atom stereocenters. The number of anilines is 1. The van der Waals surface area contributed by atoms with Crippen LogP contribution < -0.4 is 15.5 Å². The van der Waals surface area contributed by atoms with Crippen LogP contribution in [0.2, 0.25) is 0 Å². The Morgan fingerprint density at radius 3 is 2.62 bits per heavy atom. The Labute approximate surface area is 195 Å². The maximum atomic E-state index is 13.5. The van der Waals surface area contributed by atoms with E-state index in [-0.39, 0.29) is 5.91 Å². The highest BCUT2D eigenvalue weighted by molar-refractivity contribution is 6.08. The number of hydrogen-bond acceptors (Lipinski definition) is 5. The van der Waals surface area contributed by atoms with Gasteiger partial charge in [0.15, 0.2) is 0 Å². The maximum absolute atomic E-state index is 13.5. The molecule has 4 rings (SSSR count). The van der Waals surface area contributed by atoms with Crippen LogP contribution in [0.3, 0.4) is 0 Å². The molecule has 34 heavy (non-hydrogen) atoms. The molecule has 2 N–H and O–H groups in total. The smallest absolute Gasteiger partial charge is 0.416 e. The van der Waals surface area contributed by atoms with Gasteiger partial charge in [-0.25, -0.2) is 4.79 Å². The van der Waals surface area contributed by atoms with E-state index in [0.717, 1.165) is 17.7 Å². The van der Waals surface area contributed by atoms with Crippen molar-refractivity contribution in [2.24, 2.45) is 4.99 Å². The fourth-order valence-corrected chi connectivity index (χ4v) is 4.29. The summed E-state index contributed by atoms with van der Waals surface area (Å²) in [5, 5.41) is 5.65. The molecule has 0 saturated heterocycles. The third kappa shape index (κ3) is 4.80. The lowest BCUT2D eigenvalue weighted by Crippen LogP contribution is -2.54. The number of halogens is 3. The molecule has 0 bridgehead atoms. The van der Waals surface area contributed by atoms with Crippen molar-refractivity contribution < 1.29 is 27.5 Å². The molecule has 0 aromatic heterocycles. The molecule has 4 atom stereocenters. The van der Waals surface area contributed by atoms with E-state index in [0.29, 0.717) is 17.9 Å². The second-order valence-corrected chi connectivity index (χ2v) is 9.58. The first-order valence-corrected chi connectivity index (χ1v) is 11.1. The van der Waals surface area contributed by atoms with Gasteiger partial charge in [0.2, 0.25) is 5.91 Å². The highest BCUT2D eigenvalue weighted by atomic mass is 19.4. The molecule has 2 aliphatic heterocycles. The van der Waals surface area contributed by atoms with Crippen molar-refractivity contribution in [3.8, 4) is 0 Å². The van der Waals surface area contributed by atoms with Gasteiger partial charge >= 0.3 is 12.3 Å². The summed E-state index contributed by atoms with van der Waals surface area (Å²) in [5.41, 5.74) is 0.143. The summed E-state index contributed by atoms with van der Waals surface area (Å²) in [6.07, 6.45) is -1.12. The molecule has 0 saturated carbocycles. The molecule has 0 radical (unpaired) electrons. The highest BCUT2D eigenvalue weighted by Crippen LogP contribution is 2.36. The van der Waals surface area contributed by atoms with Gasteiger partial charge in [0.05, 0.1) is 23.7 Å². The number of allylic oxidation sites excluding steroid dienone is 2. The van der Waals surface area contributed by atoms with E-state index in [9.17, 15) is 22.8 Å². The number of carbonyl (C=O) groups is 2. The number of nitrogens with one attached hydrogen (secondary N) is 2. The number of alkyl halides is 3. The van der Waals surface area contributed by atoms with Crippen LogP contribution >= 0.6 is 0 Å². The van der Waals surface area contributed by atoms with Gasteiger partial charge in [0, 0.05) is 12.1 Å². The molecular weight excluding hydrogens is 449 g/mol. The number of benzene rings is 1. The Kier molecular flexibility index (Phi) is 5.95. The molecule has 1 aromatic rings. The van der Waals surface area contributed by atoms with Gasteiger partial charge in [-0.05, 0) is 45.4 Å². The lowest BCUT2D eigenvalue weighted by atomic mass is 9.99. The fourth-order valence-electron chi connectivity index (χ4n) is 4.29. The van der Waals surface area contributed by atoms with E-state index in [1.165, 1.54) is 6.08 Å². The summed E-state index contributed by atoms with van der Waals surface area (Å²) in [6.45, 7) is 6.74. The summed E-state index contributed by atoms with van der Waals surface area (Å²) < 4.78 is 44.7. The van der Waals surface area contributed by atoms with E-state index >= 15 is 0 Å². The van der Waals surface area contributed by atoms with Crippen molar-refractivity contribution in [1.82, 2.24) is 10.6 Å². The Morgan fingerprint density at radius 2 is 1.94 bits per heavy atom. The van der Waals surface area contributed by atoms with Crippen LogP contribution in [0.4, 0.5) is 23.7 Å². The van der Waals surface area contributed by atoms with Crippen molar-refractivity contribution in [2.75, 3.05) is 4.90 Å². The summed E-state index contributed by atoms with van der Waals surface area (Å²) in [6, 6.07) is 4.80. The van der Waals surface area contributed by atoms with Crippen LogP contribution in [0.25, 0.3) is 0 Å². The number of para-hydroxylation sites is 1. The summed E-state index contributed by atoms with van der Waals surface area (Å²) >= 11 is 0. The van der Waals surface area contributed by atoms with Gasteiger partial charge in [-0.2, -0.15) is 13.2 Å². The lowest BCUT2D eigenvalue weighted by Gasteiger charge is -2.29. The normalized spacial score (nSPS) is 24.4. The van der Waals surface area contributed by atoms with E-state index in [2.05, 4.69) is 15.6 Å². The molecule has 1 aliphatic carbocycles. The standard InChI is InChI=1S/C24H27F3N4O3/c1-13(28-22(33)34-23(2,3)4)21(32)31-18-8-6-5-7-14(18)11-19(31)20-29-16-10-9-15(24(25,26)27)12-17(16)30-20/h5-10,12-13,16-17,19H,11H2,1-4H3,(H,28,33)(H,29,30). The molecule has 0 fully saturated rings. The molecular formula is C24H27F3N4O3. The van der Waals surface area contributed by atoms with Crippen LogP contribution in [-0.2, 0) is 16.0 Å². The SMILES string of the molecule is CC(NC(=O)OC(C)(C)C)C(=O)N1c2ccccc2CC1C1=NC2C=CC(C(F)(F)F)=CC2N1. The monoisotopic (exact) mass is 476 g/mol. The average molecular weight is 476 g/mol. The van der Waals surface area contributed by atoms with Gasteiger partial charge < -0.3 is 15.4 Å². The number of rotatable bonds is 3. The van der Waals surface area contributed by atoms with E-state index < -0.39 is 47.6 Å². The lowest BCUT2D eigenvalue weighted by molar-refractivity contribution is -0.120. The molecule has 1 aromatic carbocycles. The highest BCUT2D eigenvalue weighted by Gasteiger charge is 2.43. The zero-order chi connectivity index (χ0) is 24.8. The number of ether oxygens (including phenoxy) is 1. The van der Waals surface area contributed by atoms with E-state index in [4.69, 9.17) is 4.74 Å². The second kappa shape index (κ2) is 8.48. The number of aliphatic imine (C=N–C) groups is 1. The number of fused-ring (bicyclic) bond motifs is 2. The zero-order valence-corrected chi connectivity index (χ0v) is 19.3. The quantitative estimate of drug-likeness (QED) is 0.698. The Morgan fingerprint density at radius 1 is 1.24 bits per heavy atom. The average Bonchev–Trinajstić information content (AvgIpc) is 3.31. The van der Waals surface area contributed by atoms with Crippen LogP contribution in [-0.4, -0.2) is 53.8 Å². The van der Waals surface area contributed by atoms with Crippen molar-refractivity contribution in [1.29, 1.82) is 0 Å². The van der Waals surface area contributed by atoms with Crippen LogP contribution in [0.1, 0.15) is 33.3 Å². The number of hydrogen-bond donors (Lipinski definition) is 2. The fraction of sp³-hybridized carbons (Fsp3) is 0.458. The first kappa shape index (κ1) is 23.8. The third-order valence-corrected chi connectivity index (χ3v) is 5.76. The number of amidine groups is 1. The minimum absolute atomic E-state index is 0.373. The van der Waals surface area contributed by atoms with Crippen molar-refractivity contribution in [3.63, 3.8) is 0 Å². The maximum Gasteiger partial charge on any atom is 0.416 e. The number of carbonyl (C=O) groups excluding carboxylic acids is 2. The molecule has 3 aliphatic rings. The Balaban J connectivity index is 1.56. The summed E-state index contributed by atoms with van der Waals surface area (Å²) in [7, 11) is 0. The zero-order valence-electron chi connectivity index (χ0n) is 19.3. The van der Waals surface area contributed by atoms with E-state index in [1.54, 1.807) is 44.7 Å². The van der Waals surface area contributed by atoms with Gasteiger partial charge in [0.1, 0.15) is 17.5 Å². The topological polar surface area (TPSA) is 83.0 Å². The first-order chi connectivity index (χ1) is 15.8. The van der Waals surface area contributed by atoms with Crippen molar-refractivity contribution in [2.45, 2.75) is 70.1 Å². The van der Waals surface area contributed by atoms with Crippen molar-refractivity contribution in [3.05, 3.63) is 53.6 Å². The molecule has 7 nitrogen and oxygen atoms in total. The van der Waals surface area contributed by atoms with Gasteiger partial charge in [0.25, 0.3) is 0 Å². The number of amides is 2. The van der Waals surface area contributed by atoms with Gasteiger partial charge in [-0.3, -0.25) is 14.7 Å². The molecule has 182 valence electrons. The predicted molar refractivity (Wildman–Crippen MR) is 122 cm³/mol. The minimum atomic E-state index is -4.44. The molecule has 2 amide bonds. The van der Waals surface area contributed by atoms with Gasteiger partial charge in [-0.1, -0.05) is 30.4 Å². The van der Waals surface area contributed by atoms with Crippen LogP contribution in [0.5, 0.6) is 0 Å². The number of nitrogens with zero attached hydrogens (tertiary/aromatic N) is 2. The second-order valence-electron chi connectivity index (χ2n) is 9.58. The predicted octanol–water partition coefficient (Wildman–Crippen LogP) is 3.65. The molecule has 0 spiro atoms. The summed E-state index contributed by atoms with van der Waals surface area (Å²) in [5.74, 6) is 0.0654. The van der Waals surface area contributed by atoms with Gasteiger partial charge in [-0.15, -0.1) is 0 Å². The molecule has 2 heterocycles. The van der Waals surface area contributed by atoms with Crippen molar-refractivity contribution >= 4 is 23.5 Å². The summed E-state index contributed by atoms with van der Waals surface area (Å²) in [4.78, 5) is 31.8. The Bertz CT molecular complexity index is 1090. The Hall–Kier alpha value is -3.30. The van der Waals surface area contributed by atoms with E-state index in [1.807, 2.05) is 12.1 Å². The third-order valence-electron chi connectivity index (χ3n) is 5.76. The van der Waals surface area contributed by atoms with Crippen LogP contribution in [0, 0.1) is 0 Å².